The summed E-state index contributed by atoms with van der Waals surface area (Å²) in [5.41, 5.74) is 0. The normalized spacial score (nSPS) is 23.2. The Kier molecular flexibility index (Phi) is 6.26. The van der Waals surface area contributed by atoms with E-state index in [1.54, 1.807) is 4.90 Å². The van der Waals surface area contributed by atoms with Crippen LogP contribution in [0.3, 0.4) is 0 Å². The number of amides is 2. The molecule has 2 N–H and O–H groups in total. The van der Waals surface area contributed by atoms with Crippen LogP contribution in [0, 0.1) is 5.92 Å². The van der Waals surface area contributed by atoms with Crippen LogP contribution in [0.2, 0.25) is 0 Å². The molecule has 2 unspecified atom stereocenters. The fourth-order valence-electron chi connectivity index (χ4n) is 2.48. The highest BCUT2D eigenvalue weighted by Gasteiger charge is 2.30. The maximum absolute atomic E-state index is 12.2. The average Bonchev–Trinajstić information content (AvgIpc) is 2.43. The number of carbonyl (C=O) groups excluding carboxylic acids is 1. The lowest BCUT2D eigenvalue weighted by Gasteiger charge is -2.39. The van der Waals surface area contributed by atoms with Crippen LogP contribution in [0.15, 0.2) is 0 Å². The highest BCUT2D eigenvalue weighted by atomic mass is 16.4. The smallest absolute Gasteiger partial charge is 0.326 e. The first-order valence-electron chi connectivity index (χ1n) is 7.39. The summed E-state index contributed by atoms with van der Waals surface area (Å²) in [6, 6.07) is -0.724. The molecule has 0 aliphatic carbocycles. The minimum Gasteiger partial charge on any atom is -0.480 e. The molecule has 0 aromatic heterocycles. The number of piperazine rings is 1. The second-order valence-corrected chi connectivity index (χ2v) is 5.64. The van der Waals surface area contributed by atoms with Gasteiger partial charge in [0.25, 0.3) is 0 Å². The van der Waals surface area contributed by atoms with Crippen LogP contribution in [-0.4, -0.2) is 65.7 Å². The SMILES string of the molecule is CCC(C)[C@H](NC(=O)N1CCN(C)C(CC)C1)C(=O)O. The predicted octanol–water partition coefficient (Wildman–Crippen LogP) is 1.22. The van der Waals surface area contributed by atoms with Crippen molar-refractivity contribution in [2.75, 3.05) is 26.7 Å². The Morgan fingerprint density at radius 2 is 2.00 bits per heavy atom. The summed E-state index contributed by atoms with van der Waals surface area (Å²) in [6.07, 6.45) is 1.70. The third kappa shape index (κ3) is 4.10. The number of carboxylic acid groups (broad SMARTS) is 1. The van der Waals surface area contributed by atoms with E-state index in [-0.39, 0.29) is 11.9 Å². The minimum atomic E-state index is -0.964. The predicted molar refractivity (Wildman–Crippen MR) is 77.7 cm³/mol. The molecule has 6 nitrogen and oxygen atoms in total. The van der Waals surface area contributed by atoms with E-state index in [0.717, 1.165) is 19.4 Å². The van der Waals surface area contributed by atoms with Crippen LogP contribution >= 0.6 is 0 Å². The Bertz CT molecular complexity index is 349. The van der Waals surface area contributed by atoms with Gasteiger partial charge in [-0.1, -0.05) is 27.2 Å². The van der Waals surface area contributed by atoms with Gasteiger partial charge in [-0.2, -0.15) is 0 Å². The van der Waals surface area contributed by atoms with Crippen molar-refractivity contribution in [1.29, 1.82) is 0 Å². The van der Waals surface area contributed by atoms with Crippen molar-refractivity contribution in [3.05, 3.63) is 0 Å². The Labute approximate surface area is 121 Å². The third-order valence-corrected chi connectivity index (χ3v) is 4.29. The number of aliphatic carboxylic acids is 1. The summed E-state index contributed by atoms with van der Waals surface area (Å²) in [6.45, 7) is 8.00. The first-order valence-corrected chi connectivity index (χ1v) is 7.39. The van der Waals surface area contributed by atoms with Crippen molar-refractivity contribution in [3.8, 4) is 0 Å². The zero-order chi connectivity index (χ0) is 15.3. The third-order valence-electron chi connectivity index (χ3n) is 4.29. The molecule has 0 saturated carbocycles. The second-order valence-electron chi connectivity index (χ2n) is 5.64. The van der Waals surface area contributed by atoms with Gasteiger partial charge < -0.3 is 15.3 Å². The summed E-state index contributed by atoms with van der Waals surface area (Å²) < 4.78 is 0. The van der Waals surface area contributed by atoms with Crippen LogP contribution in [0.4, 0.5) is 4.79 Å². The van der Waals surface area contributed by atoms with Gasteiger partial charge in [0.15, 0.2) is 0 Å². The van der Waals surface area contributed by atoms with Gasteiger partial charge in [0.1, 0.15) is 6.04 Å². The lowest BCUT2D eigenvalue weighted by Crippen LogP contribution is -2.58. The standard InChI is InChI=1S/C14H27N3O3/c1-5-10(3)12(13(18)19)15-14(20)17-8-7-16(4)11(6-2)9-17/h10-12H,5-9H2,1-4H3,(H,15,20)(H,18,19)/t10?,11?,12-/m0/s1. The van der Waals surface area contributed by atoms with Crippen molar-refractivity contribution >= 4 is 12.0 Å². The van der Waals surface area contributed by atoms with Crippen LogP contribution < -0.4 is 5.32 Å². The molecular weight excluding hydrogens is 258 g/mol. The average molecular weight is 285 g/mol. The first kappa shape index (κ1) is 16.8. The first-order chi connectivity index (χ1) is 9.40. The molecule has 0 aromatic rings. The van der Waals surface area contributed by atoms with Crippen molar-refractivity contribution in [2.24, 2.45) is 5.92 Å². The van der Waals surface area contributed by atoms with Crippen LogP contribution in [-0.2, 0) is 4.79 Å². The molecule has 0 spiro atoms. The zero-order valence-corrected chi connectivity index (χ0v) is 12.9. The highest BCUT2D eigenvalue weighted by molar-refractivity contribution is 5.82. The molecule has 1 heterocycles. The molecule has 1 saturated heterocycles. The second kappa shape index (κ2) is 7.47. The number of likely N-dealkylation sites (N-methyl/N-ethyl adjacent to an activating group) is 1. The Hall–Kier alpha value is -1.30. The Morgan fingerprint density at radius 3 is 2.50 bits per heavy atom. The molecule has 0 bridgehead atoms. The van der Waals surface area contributed by atoms with Gasteiger partial charge in [-0.3, -0.25) is 4.90 Å². The number of hydrogen-bond acceptors (Lipinski definition) is 3. The van der Waals surface area contributed by atoms with Crippen LogP contribution in [0.25, 0.3) is 0 Å². The van der Waals surface area contributed by atoms with Crippen molar-refractivity contribution in [3.63, 3.8) is 0 Å². The summed E-state index contributed by atoms with van der Waals surface area (Å²) in [7, 11) is 2.06. The highest BCUT2D eigenvalue weighted by Crippen LogP contribution is 2.13. The fraction of sp³-hybridized carbons (Fsp3) is 0.857. The van der Waals surface area contributed by atoms with Crippen LogP contribution in [0.5, 0.6) is 0 Å². The summed E-state index contributed by atoms with van der Waals surface area (Å²) in [5, 5.41) is 11.9. The number of hydrogen-bond donors (Lipinski definition) is 2. The number of carbonyl (C=O) groups is 2. The molecule has 116 valence electrons. The zero-order valence-electron chi connectivity index (χ0n) is 12.9. The summed E-state index contributed by atoms with van der Waals surface area (Å²) in [4.78, 5) is 27.5. The topological polar surface area (TPSA) is 72.9 Å². The molecule has 1 fully saturated rings. The summed E-state index contributed by atoms with van der Waals surface area (Å²) in [5.74, 6) is -1.04. The van der Waals surface area contributed by atoms with Crippen molar-refractivity contribution in [1.82, 2.24) is 15.1 Å². The molecule has 1 aliphatic rings. The maximum Gasteiger partial charge on any atom is 0.326 e. The lowest BCUT2D eigenvalue weighted by atomic mass is 9.99. The van der Waals surface area contributed by atoms with Gasteiger partial charge in [0, 0.05) is 25.7 Å². The molecule has 2 amide bonds. The Balaban J connectivity index is 2.63. The number of urea groups is 1. The van der Waals surface area contributed by atoms with E-state index in [0.29, 0.717) is 19.1 Å². The van der Waals surface area contributed by atoms with E-state index in [4.69, 9.17) is 0 Å². The van der Waals surface area contributed by atoms with Gasteiger partial charge in [0.05, 0.1) is 0 Å². The monoisotopic (exact) mass is 285 g/mol. The van der Waals surface area contributed by atoms with Gasteiger partial charge in [0.2, 0.25) is 0 Å². The van der Waals surface area contributed by atoms with E-state index < -0.39 is 12.0 Å². The van der Waals surface area contributed by atoms with Gasteiger partial charge in [-0.05, 0) is 19.4 Å². The lowest BCUT2D eigenvalue weighted by molar-refractivity contribution is -0.140. The van der Waals surface area contributed by atoms with Gasteiger partial charge in [-0.25, -0.2) is 9.59 Å². The molecule has 6 heteroatoms. The molecule has 1 rings (SSSR count). The van der Waals surface area contributed by atoms with E-state index in [2.05, 4.69) is 24.2 Å². The van der Waals surface area contributed by atoms with Crippen molar-refractivity contribution in [2.45, 2.75) is 45.7 Å². The summed E-state index contributed by atoms with van der Waals surface area (Å²) >= 11 is 0. The number of rotatable bonds is 5. The largest absolute Gasteiger partial charge is 0.480 e. The van der Waals surface area contributed by atoms with Crippen LogP contribution in [0.1, 0.15) is 33.6 Å². The number of nitrogens with one attached hydrogen (secondary N) is 1. The van der Waals surface area contributed by atoms with E-state index >= 15 is 0 Å². The Morgan fingerprint density at radius 1 is 1.35 bits per heavy atom. The van der Waals surface area contributed by atoms with E-state index in [9.17, 15) is 14.7 Å². The van der Waals surface area contributed by atoms with E-state index in [1.807, 2.05) is 13.8 Å². The molecular formula is C14H27N3O3. The van der Waals surface area contributed by atoms with Crippen molar-refractivity contribution < 1.29 is 14.7 Å². The molecule has 20 heavy (non-hydrogen) atoms. The van der Waals surface area contributed by atoms with Gasteiger partial charge >= 0.3 is 12.0 Å². The van der Waals surface area contributed by atoms with Gasteiger partial charge in [-0.15, -0.1) is 0 Å². The minimum absolute atomic E-state index is 0.0779. The fourth-order valence-corrected chi connectivity index (χ4v) is 2.48. The number of carboxylic acids is 1. The molecule has 0 aromatic carbocycles. The maximum atomic E-state index is 12.2. The van der Waals surface area contributed by atoms with E-state index in [1.165, 1.54) is 0 Å². The molecule has 3 atom stereocenters. The molecule has 0 radical (unpaired) electrons. The number of nitrogens with zero attached hydrogens (tertiary/aromatic N) is 2. The molecule has 1 aliphatic heterocycles. The quantitative estimate of drug-likeness (QED) is 0.796.